The molecule has 4 N–H and O–H groups in total. The van der Waals surface area contributed by atoms with Crippen LogP contribution in [0.15, 0.2) is 24.4 Å². The van der Waals surface area contributed by atoms with Crippen LogP contribution < -0.4 is 5.32 Å². The summed E-state index contributed by atoms with van der Waals surface area (Å²) >= 11 is 0. The Morgan fingerprint density at radius 1 is 1.22 bits per heavy atom. The molecule has 4 saturated heterocycles. The molecule has 0 spiro atoms. The average molecular weight is 646 g/mol. The number of H-pyrrole nitrogens is 1. The second-order valence-corrected chi connectivity index (χ2v) is 15.9. The Morgan fingerprint density at radius 2 is 1.91 bits per heavy atom. The molecule has 1 aliphatic carbocycles. The van der Waals surface area contributed by atoms with Crippen LogP contribution in [-0.2, 0) is 35.7 Å². The first-order chi connectivity index (χ1) is 20.8. The van der Waals surface area contributed by atoms with Gasteiger partial charge in [-0.3, -0.25) is 28.6 Å². The number of likely N-dealkylation sites (N-methyl/N-ethyl adjacent to an activating group) is 1. The second-order valence-electron chi connectivity index (χ2n) is 14.5. The van der Waals surface area contributed by atoms with Gasteiger partial charge in [-0.15, -0.1) is 0 Å². The van der Waals surface area contributed by atoms with Crippen LogP contribution in [0, 0.1) is 11.3 Å². The lowest BCUT2D eigenvalue weighted by molar-refractivity contribution is -0.320. The first-order valence-electron chi connectivity index (χ1n) is 15.4. The van der Waals surface area contributed by atoms with Crippen molar-refractivity contribution in [2.75, 3.05) is 26.4 Å². The molecule has 45 heavy (non-hydrogen) atoms. The number of rotatable bonds is 2. The molecule has 246 valence electrons. The quantitative estimate of drug-likeness (QED) is 0.352. The van der Waals surface area contributed by atoms with E-state index in [-0.39, 0.29) is 23.7 Å². The van der Waals surface area contributed by atoms with Gasteiger partial charge < -0.3 is 25.2 Å². The number of piperazine rings is 1. The normalized spacial score (nSPS) is 34.6. The van der Waals surface area contributed by atoms with Crippen LogP contribution in [0.5, 0.6) is 0 Å². The maximum Gasteiger partial charge on any atom is 0.280 e. The van der Waals surface area contributed by atoms with Gasteiger partial charge >= 0.3 is 0 Å². The second kappa shape index (κ2) is 10.5. The van der Waals surface area contributed by atoms with Crippen molar-refractivity contribution >= 4 is 38.7 Å². The van der Waals surface area contributed by atoms with Crippen molar-refractivity contribution in [2.24, 2.45) is 11.3 Å². The topological polar surface area (TPSA) is 173 Å². The number of piperidine rings is 1. The van der Waals surface area contributed by atoms with Crippen molar-refractivity contribution in [1.29, 1.82) is 0 Å². The van der Waals surface area contributed by atoms with Crippen molar-refractivity contribution in [1.82, 2.24) is 25.0 Å². The lowest BCUT2D eigenvalue weighted by Gasteiger charge is -2.52. The van der Waals surface area contributed by atoms with E-state index in [1.807, 2.05) is 20.8 Å². The van der Waals surface area contributed by atoms with Crippen LogP contribution in [0.25, 0.3) is 10.9 Å². The Hall–Kier alpha value is -3.04. The number of likely N-dealkylation sites (tertiary alicyclic amines) is 1. The molecule has 5 aliphatic rings. The molecule has 4 fully saturated rings. The monoisotopic (exact) mass is 645 g/mol. The van der Waals surface area contributed by atoms with Gasteiger partial charge in [-0.2, -0.15) is 8.42 Å². The zero-order chi connectivity index (χ0) is 32.9. The predicted octanol–water partition coefficient (Wildman–Crippen LogP) is 1.39. The SMILES string of the molecule is CN1C[C@H](C(=O)N[C@]2(C)O[C@@]3(O)[C@@H]4CCCN4C(=O)[C@H](C(C)(C)C)N3C2=O)C[C@@H]2c3cccc4[nH]cc(c34)C[C@H]21.CS(=O)(=O)O. The maximum absolute atomic E-state index is 14.0. The third kappa shape index (κ3) is 5.24. The highest BCUT2D eigenvalue weighted by molar-refractivity contribution is 7.85. The number of aliphatic hydroxyl groups is 1. The van der Waals surface area contributed by atoms with Crippen molar-refractivity contribution < 1.29 is 37.2 Å². The molecule has 3 amide bonds. The fourth-order valence-corrected chi connectivity index (χ4v) is 8.29. The maximum atomic E-state index is 14.0. The number of hydrogen-bond donors (Lipinski definition) is 4. The van der Waals surface area contributed by atoms with E-state index < -0.39 is 45.2 Å². The van der Waals surface area contributed by atoms with Crippen molar-refractivity contribution in [3.05, 3.63) is 35.5 Å². The standard InChI is InChI=1S/C30H39N5O5.CH4O3S/c1-28(2,3)24-26(37)34-11-7-10-22(34)30(39)35(24)27(38)29(4,40-30)32-25(36)17-12-19-18-8-6-9-20-23(18)16(14-31-20)13-21(19)33(5)15-17;1-5(2,3)4/h6,8-9,14,17,19,21-22,24,31,39H,7,10-13,15H2,1-5H3,(H,32,36);1H3,(H,2,3,4)/t17-,19-,21-,22+,24-,29-,30+;/m1./s1. The molecule has 4 aliphatic heterocycles. The summed E-state index contributed by atoms with van der Waals surface area (Å²) in [4.78, 5) is 50.0. The molecule has 7 rings (SSSR count). The average Bonchev–Trinajstić information content (AvgIpc) is 3.62. The molecule has 5 heterocycles. The Kier molecular flexibility index (Phi) is 7.44. The zero-order valence-electron chi connectivity index (χ0n) is 26.5. The smallest absolute Gasteiger partial charge is 0.280 e. The van der Waals surface area contributed by atoms with Gasteiger partial charge in [0.2, 0.25) is 17.5 Å². The number of hydrogen-bond acceptors (Lipinski definition) is 8. The van der Waals surface area contributed by atoms with Crippen molar-refractivity contribution in [3.63, 3.8) is 0 Å². The number of benzene rings is 1. The molecular formula is C31H43N5O8S. The number of amides is 3. The number of carbonyl (C=O) groups excluding carboxylic acids is 3. The molecule has 7 atom stereocenters. The molecule has 2 aromatic rings. The van der Waals surface area contributed by atoms with Crippen molar-refractivity contribution in [2.45, 2.75) is 89.1 Å². The van der Waals surface area contributed by atoms with Gasteiger partial charge in [0.15, 0.2) is 0 Å². The Labute approximate surface area is 263 Å². The molecule has 0 radical (unpaired) electrons. The van der Waals surface area contributed by atoms with E-state index in [1.54, 1.807) is 4.90 Å². The molecule has 0 saturated carbocycles. The number of nitrogens with zero attached hydrogens (tertiary/aromatic N) is 3. The Morgan fingerprint density at radius 3 is 2.58 bits per heavy atom. The molecule has 0 unspecified atom stereocenters. The van der Waals surface area contributed by atoms with E-state index >= 15 is 0 Å². The lowest BCUT2D eigenvalue weighted by Crippen LogP contribution is -2.73. The highest BCUT2D eigenvalue weighted by Crippen LogP contribution is 2.49. The summed E-state index contributed by atoms with van der Waals surface area (Å²) in [5.41, 5.74) is 1.25. The number of carbonyl (C=O) groups is 3. The van der Waals surface area contributed by atoms with Crippen LogP contribution in [0.3, 0.4) is 0 Å². The highest BCUT2D eigenvalue weighted by Gasteiger charge is 2.71. The highest BCUT2D eigenvalue weighted by atomic mass is 32.2. The van der Waals surface area contributed by atoms with E-state index in [1.165, 1.54) is 28.3 Å². The lowest BCUT2D eigenvalue weighted by atomic mass is 9.72. The fraction of sp³-hybridized carbons (Fsp3) is 0.645. The summed E-state index contributed by atoms with van der Waals surface area (Å²) in [7, 11) is -1.61. The van der Waals surface area contributed by atoms with Gasteiger partial charge in [0, 0.05) is 42.1 Å². The Balaban J connectivity index is 0.000000664. The van der Waals surface area contributed by atoms with E-state index in [4.69, 9.17) is 9.29 Å². The van der Waals surface area contributed by atoms with Gasteiger partial charge in [-0.25, -0.2) is 0 Å². The zero-order valence-corrected chi connectivity index (χ0v) is 27.3. The van der Waals surface area contributed by atoms with Gasteiger partial charge in [-0.1, -0.05) is 32.9 Å². The molecular weight excluding hydrogens is 602 g/mol. The minimum Gasteiger partial charge on any atom is -0.361 e. The van der Waals surface area contributed by atoms with Gasteiger partial charge in [0.1, 0.15) is 12.1 Å². The van der Waals surface area contributed by atoms with E-state index in [0.717, 1.165) is 18.4 Å². The summed E-state index contributed by atoms with van der Waals surface area (Å²) in [5, 5.41) is 16.1. The van der Waals surface area contributed by atoms with Crippen molar-refractivity contribution in [3.8, 4) is 0 Å². The minimum absolute atomic E-state index is 0.178. The number of fused-ring (bicyclic) bond motifs is 5. The molecule has 1 aromatic carbocycles. The summed E-state index contributed by atoms with van der Waals surface area (Å²) in [6.07, 6.45) is 5.64. The predicted molar refractivity (Wildman–Crippen MR) is 164 cm³/mol. The minimum atomic E-state index is -3.67. The first-order valence-corrected chi connectivity index (χ1v) is 17.3. The third-order valence-corrected chi connectivity index (χ3v) is 10.1. The summed E-state index contributed by atoms with van der Waals surface area (Å²) in [5.74, 6) is -3.23. The van der Waals surface area contributed by atoms with Crippen LogP contribution in [0.2, 0.25) is 0 Å². The van der Waals surface area contributed by atoms with Crippen LogP contribution in [0.4, 0.5) is 0 Å². The molecule has 0 bridgehead atoms. The molecule has 14 heteroatoms. The number of nitrogens with one attached hydrogen (secondary N) is 2. The summed E-state index contributed by atoms with van der Waals surface area (Å²) in [6.45, 7) is 8.21. The molecule has 1 aromatic heterocycles. The summed E-state index contributed by atoms with van der Waals surface area (Å²) in [6, 6.07) is 5.04. The van der Waals surface area contributed by atoms with E-state index in [0.29, 0.717) is 38.2 Å². The first kappa shape index (κ1) is 31.9. The number of aromatic nitrogens is 1. The summed E-state index contributed by atoms with van der Waals surface area (Å²) < 4.78 is 32.1. The van der Waals surface area contributed by atoms with Gasteiger partial charge in [0.25, 0.3) is 21.9 Å². The Bertz CT molecular complexity index is 1660. The largest absolute Gasteiger partial charge is 0.361 e. The van der Waals surface area contributed by atoms with Crippen LogP contribution >= 0.6 is 0 Å². The van der Waals surface area contributed by atoms with Gasteiger partial charge in [-0.05, 0) is 62.3 Å². The van der Waals surface area contributed by atoms with Gasteiger partial charge in [0.05, 0.1) is 12.2 Å². The van der Waals surface area contributed by atoms with Crippen LogP contribution in [0.1, 0.15) is 64.0 Å². The fourth-order valence-electron chi connectivity index (χ4n) is 8.29. The van der Waals surface area contributed by atoms with Crippen LogP contribution in [-0.4, -0.2) is 112 Å². The van der Waals surface area contributed by atoms with E-state index in [9.17, 15) is 27.9 Å². The third-order valence-electron chi connectivity index (χ3n) is 10.1. The number of aromatic amines is 1. The van der Waals surface area contributed by atoms with E-state index in [2.05, 4.69) is 46.6 Å². The number of ether oxygens (including phenoxy) is 1. The molecule has 13 nitrogen and oxygen atoms in total.